The Balaban J connectivity index is 1.33. The molecule has 0 radical (unpaired) electrons. The molecule has 2 aliphatic carbocycles. The number of amides is 1. The van der Waals surface area contributed by atoms with Crippen molar-refractivity contribution >= 4 is 23.3 Å². The third-order valence-corrected chi connectivity index (χ3v) is 6.68. The first-order valence-corrected chi connectivity index (χ1v) is 9.94. The maximum absolute atomic E-state index is 12.7. The Morgan fingerprint density at radius 1 is 1.19 bits per heavy atom. The zero-order chi connectivity index (χ0) is 19.2. The van der Waals surface area contributed by atoms with Gasteiger partial charge in [-0.2, -0.15) is 13.2 Å². The van der Waals surface area contributed by atoms with Crippen LogP contribution in [0.4, 0.5) is 19.0 Å². The van der Waals surface area contributed by atoms with Crippen molar-refractivity contribution in [2.45, 2.75) is 38.3 Å². The SMILES string of the molecule is O=C(C[C@@H]1C[C@@H]2CC[C@@H]1C2)N1CCN(c2ncc(C(F)(F)F)cc2Cl)CC1. The standard InChI is InChI=1S/C19H23ClF3N3O/c20-16-10-15(19(21,22)23)11-24-18(16)26-5-3-25(4-6-26)17(27)9-14-8-12-1-2-13(14)7-12/h10-14H,1-9H2/t12-,13-,14+/m1/s1. The Hall–Kier alpha value is -1.50. The van der Waals surface area contributed by atoms with E-state index < -0.39 is 11.7 Å². The van der Waals surface area contributed by atoms with Crippen LogP contribution in [0, 0.1) is 17.8 Å². The average Bonchev–Trinajstić information content (AvgIpc) is 3.24. The summed E-state index contributed by atoms with van der Waals surface area (Å²) in [5.74, 6) is 2.66. The number of piperazine rings is 1. The normalized spacial score (nSPS) is 28.1. The van der Waals surface area contributed by atoms with E-state index in [2.05, 4.69) is 4.98 Å². The van der Waals surface area contributed by atoms with Crippen molar-refractivity contribution in [2.24, 2.45) is 17.8 Å². The summed E-state index contributed by atoms with van der Waals surface area (Å²) in [4.78, 5) is 20.3. The van der Waals surface area contributed by atoms with Crippen LogP contribution in [0.25, 0.3) is 0 Å². The molecule has 27 heavy (non-hydrogen) atoms. The molecule has 3 aliphatic rings. The highest BCUT2D eigenvalue weighted by molar-refractivity contribution is 6.33. The molecule has 2 saturated carbocycles. The van der Waals surface area contributed by atoms with E-state index in [-0.39, 0.29) is 10.9 Å². The van der Waals surface area contributed by atoms with Crippen molar-refractivity contribution in [2.75, 3.05) is 31.1 Å². The number of fused-ring (bicyclic) bond motifs is 2. The number of aromatic nitrogens is 1. The number of halogens is 4. The highest BCUT2D eigenvalue weighted by atomic mass is 35.5. The Morgan fingerprint density at radius 2 is 1.93 bits per heavy atom. The molecule has 4 rings (SSSR count). The molecule has 0 aromatic carbocycles. The van der Waals surface area contributed by atoms with E-state index in [0.29, 0.717) is 44.3 Å². The molecule has 1 aromatic heterocycles. The van der Waals surface area contributed by atoms with Crippen molar-refractivity contribution in [3.8, 4) is 0 Å². The number of hydrogen-bond donors (Lipinski definition) is 0. The summed E-state index contributed by atoms with van der Waals surface area (Å²) in [6.07, 6.45) is 2.09. The van der Waals surface area contributed by atoms with Gasteiger partial charge < -0.3 is 9.80 Å². The first-order valence-electron chi connectivity index (χ1n) is 9.56. The lowest BCUT2D eigenvalue weighted by atomic mass is 9.86. The van der Waals surface area contributed by atoms with Crippen molar-refractivity contribution in [3.05, 3.63) is 22.8 Å². The van der Waals surface area contributed by atoms with Crippen LogP contribution in [0.15, 0.2) is 12.3 Å². The fraction of sp³-hybridized carbons (Fsp3) is 0.684. The second-order valence-electron chi connectivity index (χ2n) is 8.03. The third kappa shape index (κ3) is 3.89. The molecule has 3 atom stereocenters. The van der Waals surface area contributed by atoms with E-state index in [1.165, 1.54) is 25.7 Å². The number of pyridine rings is 1. The number of rotatable bonds is 3. The second-order valence-corrected chi connectivity index (χ2v) is 8.44. The Kier molecular flexibility index (Phi) is 4.99. The van der Waals surface area contributed by atoms with E-state index in [0.717, 1.165) is 24.1 Å². The van der Waals surface area contributed by atoms with Crippen molar-refractivity contribution in [3.63, 3.8) is 0 Å². The van der Waals surface area contributed by atoms with Crippen LogP contribution in [0.5, 0.6) is 0 Å². The fourth-order valence-electron chi connectivity index (χ4n) is 4.97. The summed E-state index contributed by atoms with van der Waals surface area (Å²) in [5.41, 5.74) is -0.851. The highest BCUT2D eigenvalue weighted by Crippen LogP contribution is 2.49. The molecule has 3 fully saturated rings. The predicted octanol–water partition coefficient (Wildman–Crippen LogP) is 4.23. The van der Waals surface area contributed by atoms with Gasteiger partial charge in [0.1, 0.15) is 5.82 Å². The number of anilines is 1. The van der Waals surface area contributed by atoms with Gasteiger partial charge in [0.05, 0.1) is 10.6 Å². The highest BCUT2D eigenvalue weighted by Gasteiger charge is 2.41. The van der Waals surface area contributed by atoms with Gasteiger partial charge in [-0.15, -0.1) is 0 Å². The largest absolute Gasteiger partial charge is 0.417 e. The third-order valence-electron chi connectivity index (χ3n) is 6.40. The first-order chi connectivity index (χ1) is 12.8. The van der Waals surface area contributed by atoms with E-state index in [1.54, 1.807) is 0 Å². The summed E-state index contributed by atoms with van der Waals surface area (Å²) in [6.45, 7) is 2.17. The molecule has 1 aliphatic heterocycles. The average molecular weight is 402 g/mol. The van der Waals surface area contributed by atoms with Crippen LogP contribution in [0.1, 0.15) is 37.7 Å². The Labute approximate surface area is 161 Å². The molecular formula is C19H23ClF3N3O. The lowest BCUT2D eigenvalue weighted by Crippen LogP contribution is -2.49. The molecule has 1 amide bonds. The summed E-state index contributed by atoms with van der Waals surface area (Å²) in [7, 11) is 0. The van der Waals surface area contributed by atoms with E-state index in [1.807, 2.05) is 9.80 Å². The zero-order valence-electron chi connectivity index (χ0n) is 15.0. The van der Waals surface area contributed by atoms with Gasteiger partial charge in [-0.25, -0.2) is 4.98 Å². The minimum Gasteiger partial charge on any atom is -0.352 e. The quantitative estimate of drug-likeness (QED) is 0.760. The van der Waals surface area contributed by atoms with Gasteiger partial charge in [-0.3, -0.25) is 4.79 Å². The first kappa shape index (κ1) is 18.8. The van der Waals surface area contributed by atoms with E-state index in [9.17, 15) is 18.0 Å². The summed E-state index contributed by atoms with van der Waals surface area (Å²) in [5, 5.41) is -0.00779. The van der Waals surface area contributed by atoms with Gasteiger partial charge in [0, 0.05) is 38.8 Å². The summed E-state index contributed by atoms with van der Waals surface area (Å²) < 4.78 is 38.2. The molecule has 1 aromatic rings. The van der Waals surface area contributed by atoms with Crippen LogP contribution in [-0.4, -0.2) is 42.0 Å². The minimum absolute atomic E-state index is 0.00779. The number of alkyl halides is 3. The van der Waals surface area contributed by atoms with Gasteiger partial charge in [-0.05, 0) is 43.1 Å². The van der Waals surface area contributed by atoms with Crippen LogP contribution in [0.3, 0.4) is 0 Å². The monoisotopic (exact) mass is 401 g/mol. The maximum atomic E-state index is 12.7. The molecule has 0 spiro atoms. The summed E-state index contributed by atoms with van der Waals surface area (Å²) >= 11 is 6.03. The van der Waals surface area contributed by atoms with Gasteiger partial charge in [0.25, 0.3) is 0 Å². The van der Waals surface area contributed by atoms with Crippen LogP contribution in [-0.2, 0) is 11.0 Å². The smallest absolute Gasteiger partial charge is 0.352 e. The molecule has 148 valence electrons. The fourth-order valence-corrected chi connectivity index (χ4v) is 5.25. The molecule has 2 bridgehead atoms. The molecule has 1 saturated heterocycles. The number of hydrogen-bond acceptors (Lipinski definition) is 3. The van der Waals surface area contributed by atoms with Crippen LogP contribution >= 0.6 is 11.6 Å². The Morgan fingerprint density at radius 3 is 2.48 bits per heavy atom. The number of carbonyl (C=O) groups is 1. The molecule has 4 nitrogen and oxygen atoms in total. The van der Waals surface area contributed by atoms with Crippen molar-refractivity contribution in [1.29, 1.82) is 0 Å². The van der Waals surface area contributed by atoms with Crippen molar-refractivity contribution < 1.29 is 18.0 Å². The van der Waals surface area contributed by atoms with Gasteiger partial charge in [0.15, 0.2) is 0 Å². The Bertz CT molecular complexity index is 719. The lowest BCUT2D eigenvalue weighted by molar-refractivity contribution is -0.138. The van der Waals surface area contributed by atoms with Crippen LogP contribution < -0.4 is 4.90 Å². The van der Waals surface area contributed by atoms with E-state index >= 15 is 0 Å². The molecule has 0 unspecified atom stereocenters. The van der Waals surface area contributed by atoms with Crippen LogP contribution in [0.2, 0.25) is 5.02 Å². The molecule has 0 N–H and O–H groups in total. The molecule has 8 heteroatoms. The second kappa shape index (κ2) is 7.15. The van der Waals surface area contributed by atoms with Gasteiger partial charge in [0.2, 0.25) is 5.91 Å². The number of carbonyl (C=O) groups excluding carboxylic acids is 1. The van der Waals surface area contributed by atoms with Gasteiger partial charge >= 0.3 is 6.18 Å². The maximum Gasteiger partial charge on any atom is 0.417 e. The summed E-state index contributed by atoms with van der Waals surface area (Å²) in [6, 6.07) is 0.913. The van der Waals surface area contributed by atoms with E-state index in [4.69, 9.17) is 11.6 Å². The topological polar surface area (TPSA) is 36.4 Å². The van der Waals surface area contributed by atoms with Crippen molar-refractivity contribution in [1.82, 2.24) is 9.88 Å². The molecular weight excluding hydrogens is 379 g/mol. The number of nitrogens with zero attached hydrogens (tertiary/aromatic N) is 3. The minimum atomic E-state index is -4.46. The van der Waals surface area contributed by atoms with Gasteiger partial charge in [-0.1, -0.05) is 18.0 Å². The predicted molar refractivity (Wildman–Crippen MR) is 96.6 cm³/mol. The molecule has 2 heterocycles. The lowest BCUT2D eigenvalue weighted by Gasteiger charge is -2.36. The zero-order valence-corrected chi connectivity index (χ0v) is 15.8.